The first kappa shape index (κ1) is 17.2. The van der Waals surface area contributed by atoms with E-state index in [0.717, 1.165) is 18.4 Å². The summed E-state index contributed by atoms with van der Waals surface area (Å²) in [4.78, 5) is 3.97. The number of nitrogens with zero attached hydrogens (tertiary/aromatic N) is 1. The molecular weight excluding hydrogens is 246 g/mol. The topological polar surface area (TPSA) is 33.1 Å². The number of aliphatic hydroxyl groups excluding tert-OH is 1. The highest BCUT2D eigenvalue weighted by Crippen LogP contribution is 2.19. The lowest BCUT2D eigenvalue weighted by Crippen LogP contribution is -1.97. The summed E-state index contributed by atoms with van der Waals surface area (Å²) in [6, 6.07) is 3.81. The van der Waals surface area contributed by atoms with E-state index < -0.39 is 0 Å². The van der Waals surface area contributed by atoms with Crippen LogP contribution in [0.1, 0.15) is 89.2 Å². The Bertz CT molecular complexity index is 312. The van der Waals surface area contributed by atoms with Gasteiger partial charge in [-0.25, -0.2) is 0 Å². The second-order valence-electron chi connectivity index (χ2n) is 5.77. The zero-order chi connectivity index (χ0) is 14.5. The van der Waals surface area contributed by atoms with Gasteiger partial charge < -0.3 is 5.11 Å². The fraction of sp³-hybridized carbons (Fsp3) is 0.722. The molecule has 0 saturated carbocycles. The Labute approximate surface area is 124 Å². The van der Waals surface area contributed by atoms with Crippen molar-refractivity contribution in [3.05, 3.63) is 30.1 Å². The third-order valence-corrected chi connectivity index (χ3v) is 3.92. The summed E-state index contributed by atoms with van der Waals surface area (Å²) in [6.45, 7) is 2.26. The molecule has 0 fully saturated rings. The fourth-order valence-corrected chi connectivity index (χ4v) is 2.58. The molecule has 1 atom stereocenters. The molecule has 2 heteroatoms. The van der Waals surface area contributed by atoms with Crippen molar-refractivity contribution in [2.24, 2.45) is 0 Å². The second-order valence-corrected chi connectivity index (χ2v) is 5.77. The number of pyridine rings is 1. The first-order valence-electron chi connectivity index (χ1n) is 8.42. The van der Waals surface area contributed by atoms with E-state index in [2.05, 4.69) is 11.9 Å². The van der Waals surface area contributed by atoms with Crippen molar-refractivity contribution < 1.29 is 5.11 Å². The number of aromatic nitrogens is 1. The Kier molecular flexibility index (Phi) is 10.2. The van der Waals surface area contributed by atoms with Gasteiger partial charge in [-0.1, -0.05) is 71.1 Å². The maximum Gasteiger partial charge on any atom is 0.0791 e. The predicted octanol–water partition coefficient (Wildman–Crippen LogP) is 5.43. The smallest absolute Gasteiger partial charge is 0.0791 e. The van der Waals surface area contributed by atoms with Crippen LogP contribution in [0.3, 0.4) is 0 Å². The Morgan fingerprint density at radius 3 is 1.90 bits per heavy atom. The SMILES string of the molecule is CCCCCCCCCCCCC(O)c1ccncc1. The highest BCUT2D eigenvalue weighted by atomic mass is 16.3. The molecule has 0 aliphatic carbocycles. The Balaban J connectivity index is 1.90. The van der Waals surface area contributed by atoms with Gasteiger partial charge in [0.1, 0.15) is 0 Å². The first-order valence-corrected chi connectivity index (χ1v) is 8.42. The van der Waals surface area contributed by atoms with Crippen LogP contribution in [0.5, 0.6) is 0 Å². The fourth-order valence-electron chi connectivity index (χ4n) is 2.58. The third-order valence-electron chi connectivity index (χ3n) is 3.92. The van der Waals surface area contributed by atoms with Gasteiger partial charge in [0, 0.05) is 12.4 Å². The van der Waals surface area contributed by atoms with Crippen molar-refractivity contribution in [3.8, 4) is 0 Å². The molecule has 0 aromatic carbocycles. The largest absolute Gasteiger partial charge is 0.388 e. The molecule has 0 aliphatic rings. The van der Waals surface area contributed by atoms with Crippen LogP contribution in [-0.4, -0.2) is 10.1 Å². The first-order chi connectivity index (χ1) is 9.84. The predicted molar refractivity (Wildman–Crippen MR) is 85.7 cm³/mol. The molecule has 1 aromatic heterocycles. The minimum Gasteiger partial charge on any atom is -0.388 e. The number of hydrogen-bond acceptors (Lipinski definition) is 2. The van der Waals surface area contributed by atoms with Crippen LogP contribution in [0.25, 0.3) is 0 Å². The Hall–Kier alpha value is -0.890. The van der Waals surface area contributed by atoms with Gasteiger partial charge in [-0.2, -0.15) is 0 Å². The average Bonchev–Trinajstić information content (AvgIpc) is 2.50. The molecule has 20 heavy (non-hydrogen) atoms. The van der Waals surface area contributed by atoms with Crippen LogP contribution in [0, 0.1) is 0 Å². The van der Waals surface area contributed by atoms with E-state index >= 15 is 0 Å². The monoisotopic (exact) mass is 277 g/mol. The number of rotatable bonds is 12. The van der Waals surface area contributed by atoms with Crippen molar-refractivity contribution in [2.45, 2.75) is 83.7 Å². The minimum atomic E-state index is -0.313. The van der Waals surface area contributed by atoms with Crippen molar-refractivity contribution in [1.82, 2.24) is 4.98 Å². The van der Waals surface area contributed by atoms with Gasteiger partial charge >= 0.3 is 0 Å². The van der Waals surface area contributed by atoms with Gasteiger partial charge in [-0.3, -0.25) is 4.98 Å². The Morgan fingerprint density at radius 2 is 1.35 bits per heavy atom. The maximum atomic E-state index is 10.0. The average molecular weight is 277 g/mol. The highest BCUT2D eigenvalue weighted by Gasteiger charge is 2.05. The molecule has 1 N–H and O–H groups in total. The van der Waals surface area contributed by atoms with E-state index in [1.54, 1.807) is 12.4 Å². The van der Waals surface area contributed by atoms with Gasteiger partial charge in [-0.15, -0.1) is 0 Å². The van der Waals surface area contributed by atoms with E-state index in [4.69, 9.17) is 0 Å². The molecule has 0 bridgehead atoms. The van der Waals surface area contributed by atoms with Crippen LogP contribution in [0.2, 0.25) is 0 Å². The van der Waals surface area contributed by atoms with Crippen LogP contribution in [0.15, 0.2) is 24.5 Å². The summed E-state index contributed by atoms with van der Waals surface area (Å²) in [5.74, 6) is 0. The summed E-state index contributed by atoms with van der Waals surface area (Å²) in [5.41, 5.74) is 0.996. The summed E-state index contributed by atoms with van der Waals surface area (Å²) in [7, 11) is 0. The molecule has 1 rings (SSSR count). The van der Waals surface area contributed by atoms with Gasteiger partial charge in [-0.05, 0) is 24.1 Å². The lowest BCUT2D eigenvalue weighted by atomic mass is 10.0. The standard InChI is InChI=1S/C18H31NO/c1-2-3-4-5-6-7-8-9-10-11-12-18(20)17-13-15-19-16-14-17/h13-16,18,20H,2-12H2,1H3. The van der Waals surface area contributed by atoms with Crippen molar-refractivity contribution >= 4 is 0 Å². The van der Waals surface area contributed by atoms with Crippen molar-refractivity contribution in [1.29, 1.82) is 0 Å². The zero-order valence-corrected chi connectivity index (χ0v) is 13.1. The molecule has 1 heterocycles. The number of hydrogen-bond donors (Lipinski definition) is 1. The lowest BCUT2D eigenvalue weighted by Gasteiger charge is -2.10. The Morgan fingerprint density at radius 1 is 0.850 bits per heavy atom. The third kappa shape index (κ3) is 8.31. The summed E-state index contributed by atoms with van der Waals surface area (Å²) in [5, 5.41) is 10.0. The molecular formula is C18H31NO. The zero-order valence-electron chi connectivity index (χ0n) is 13.1. The van der Waals surface area contributed by atoms with Gasteiger partial charge in [0.15, 0.2) is 0 Å². The lowest BCUT2D eigenvalue weighted by molar-refractivity contribution is 0.163. The van der Waals surface area contributed by atoms with Crippen molar-refractivity contribution in [3.63, 3.8) is 0 Å². The van der Waals surface area contributed by atoms with Crippen LogP contribution in [-0.2, 0) is 0 Å². The molecule has 0 saturated heterocycles. The van der Waals surface area contributed by atoms with Gasteiger partial charge in [0.2, 0.25) is 0 Å². The molecule has 1 unspecified atom stereocenters. The van der Waals surface area contributed by atoms with Crippen LogP contribution in [0.4, 0.5) is 0 Å². The van der Waals surface area contributed by atoms with Gasteiger partial charge in [0.05, 0.1) is 6.10 Å². The molecule has 0 spiro atoms. The summed E-state index contributed by atoms with van der Waals surface area (Å²) in [6.07, 6.45) is 17.4. The molecule has 0 amide bonds. The van der Waals surface area contributed by atoms with Crippen LogP contribution < -0.4 is 0 Å². The molecule has 0 radical (unpaired) electrons. The molecule has 0 aliphatic heterocycles. The van der Waals surface area contributed by atoms with E-state index in [1.165, 1.54) is 57.8 Å². The molecule has 2 nitrogen and oxygen atoms in total. The maximum absolute atomic E-state index is 10.0. The second kappa shape index (κ2) is 11.9. The summed E-state index contributed by atoms with van der Waals surface area (Å²) < 4.78 is 0. The van der Waals surface area contributed by atoms with Crippen molar-refractivity contribution in [2.75, 3.05) is 0 Å². The van der Waals surface area contributed by atoms with E-state index in [9.17, 15) is 5.11 Å². The molecule has 1 aromatic rings. The highest BCUT2D eigenvalue weighted by molar-refractivity contribution is 5.12. The van der Waals surface area contributed by atoms with Crippen LogP contribution >= 0.6 is 0 Å². The minimum absolute atomic E-state index is 0.313. The van der Waals surface area contributed by atoms with E-state index in [0.29, 0.717) is 0 Å². The number of aliphatic hydroxyl groups is 1. The van der Waals surface area contributed by atoms with Gasteiger partial charge in [0.25, 0.3) is 0 Å². The number of unbranched alkanes of at least 4 members (excludes halogenated alkanes) is 9. The normalized spacial score (nSPS) is 12.5. The molecule has 114 valence electrons. The van der Waals surface area contributed by atoms with E-state index in [-0.39, 0.29) is 6.10 Å². The summed E-state index contributed by atoms with van der Waals surface area (Å²) >= 11 is 0. The quantitative estimate of drug-likeness (QED) is 0.517. The van der Waals surface area contributed by atoms with E-state index in [1.807, 2.05) is 12.1 Å².